The summed E-state index contributed by atoms with van der Waals surface area (Å²) in [6, 6.07) is 0.599. The zero-order valence-corrected chi connectivity index (χ0v) is 10.5. The van der Waals surface area contributed by atoms with E-state index in [1.54, 1.807) is 0 Å². The first-order valence-electron chi connectivity index (χ1n) is 6.05. The first-order valence-corrected chi connectivity index (χ1v) is 6.05. The van der Waals surface area contributed by atoms with Gasteiger partial charge in [0.25, 0.3) is 0 Å². The molecule has 1 saturated heterocycles. The largest absolute Gasteiger partial charge is 0.407 e. The van der Waals surface area contributed by atoms with Crippen molar-refractivity contribution in [2.75, 3.05) is 38.8 Å². The Balaban J connectivity index is 1.86. The van der Waals surface area contributed by atoms with Crippen LogP contribution in [0, 0.1) is 5.92 Å². The Morgan fingerprint density at radius 3 is 2.82 bits per heavy atom. The summed E-state index contributed by atoms with van der Waals surface area (Å²) in [5.74, 6) is 1.29. The molecule has 1 fully saturated rings. The van der Waals surface area contributed by atoms with Crippen molar-refractivity contribution < 1.29 is 9.15 Å². The number of hydrogen-bond acceptors (Lipinski definition) is 6. The Bertz CT molecular complexity index is 336. The van der Waals surface area contributed by atoms with E-state index in [0.29, 0.717) is 24.4 Å². The van der Waals surface area contributed by atoms with Crippen LogP contribution in [0.15, 0.2) is 4.42 Å². The molecular formula is C11H20N4O2. The van der Waals surface area contributed by atoms with Gasteiger partial charge in [-0.25, -0.2) is 0 Å². The van der Waals surface area contributed by atoms with E-state index in [9.17, 15) is 0 Å². The molecule has 0 aromatic carbocycles. The lowest BCUT2D eigenvalue weighted by Crippen LogP contribution is -2.29. The maximum absolute atomic E-state index is 5.54. The highest BCUT2D eigenvalue weighted by Gasteiger charge is 2.18. The molecule has 6 nitrogen and oxygen atoms in total. The first kappa shape index (κ1) is 12.3. The van der Waals surface area contributed by atoms with Crippen LogP contribution in [0.4, 0.5) is 6.01 Å². The normalized spacial score (nSPS) is 17.3. The van der Waals surface area contributed by atoms with E-state index in [-0.39, 0.29) is 0 Å². The van der Waals surface area contributed by atoms with Gasteiger partial charge in [0.15, 0.2) is 0 Å². The molecule has 0 saturated carbocycles. The molecular weight excluding hydrogens is 220 g/mol. The molecule has 6 heteroatoms. The van der Waals surface area contributed by atoms with Crippen molar-refractivity contribution in [3.63, 3.8) is 0 Å². The van der Waals surface area contributed by atoms with E-state index < -0.39 is 0 Å². The second-order valence-electron chi connectivity index (χ2n) is 4.44. The number of hydrogen-bond donors (Lipinski definition) is 1. The molecule has 0 spiro atoms. The molecule has 0 atom stereocenters. The molecule has 0 unspecified atom stereocenters. The van der Waals surface area contributed by atoms with E-state index in [0.717, 1.165) is 32.6 Å². The average molecular weight is 240 g/mol. The van der Waals surface area contributed by atoms with Crippen molar-refractivity contribution in [1.82, 2.24) is 15.5 Å². The van der Waals surface area contributed by atoms with Crippen LogP contribution in [0.2, 0.25) is 0 Å². The quantitative estimate of drug-likeness (QED) is 0.815. The number of rotatable bonds is 5. The summed E-state index contributed by atoms with van der Waals surface area (Å²) in [4.78, 5) is 2.03. The highest BCUT2D eigenvalue weighted by molar-refractivity contribution is 5.21. The van der Waals surface area contributed by atoms with Crippen LogP contribution in [-0.4, -0.2) is 44.1 Å². The topological polar surface area (TPSA) is 63.4 Å². The SMILES string of the molecule is CNCc1nnc(N(C)CC2CCOCC2)o1. The van der Waals surface area contributed by atoms with Crippen molar-refractivity contribution in [2.45, 2.75) is 19.4 Å². The maximum atomic E-state index is 5.54. The summed E-state index contributed by atoms with van der Waals surface area (Å²) in [5, 5.41) is 11.0. The van der Waals surface area contributed by atoms with Gasteiger partial charge in [0.2, 0.25) is 5.89 Å². The van der Waals surface area contributed by atoms with Gasteiger partial charge in [-0.2, -0.15) is 0 Å². The lowest BCUT2D eigenvalue weighted by atomic mass is 10.0. The van der Waals surface area contributed by atoms with Gasteiger partial charge in [-0.05, 0) is 25.8 Å². The molecule has 1 aromatic heterocycles. The minimum atomic E-state index is 0.599. The fourth-order valence-corrected chi connectivity index (χ4v) is 2.02. The number of aromatic nitrogens is 2. The third-order valence-electron chi connectivity index (χ3n) is 2.98. The van der Waals surface area contributed by atoms with Crippen LogP contribution in [-0.2, 0) is 11.3 Å². The lowest BCUT2D eigenvalue weighted by molar-refractivity contribution is 0.0682. The van der Waals surface area contributed by atoms with Gasteiger partial charge in [-0.1, -0.05) is 5.10 Å². The molecule has 1 aliphatic heterocycles. The number of ether oxygens (including phenoxy) is 1. The third kappa shape index (κ3) is 3.41. The molecule has 1 aromatic rings. The summed E-state index contributed by atoms with van der Waals surface area (Å²) in [6.45, 7) is 3.29. The minimum Gasteiger partial charge on any atom is -0.407 e. The predicted octanol–water partition coefficient (Wildman–Crippen LogP) is 0.652. The van der Waals surface area contributed by atoms with Crippen molar-refractivity contribution in [3.8, 4) is 0 Å². The van der Waals surface area contributed by atoms with E-state index >= 15 is 0 Å². The van der Waals surface area contributed by atoms with E-state index in [4.69, 9.17) is 9.15 Å². The molecule has 0 bridgehead atoms. The number of nitrogens with zero attached hydrogens (tertiary/aromatic N) is 3. The summed E-state index contributed by atoms with van der Waals surface area (Å²) in [7, 11) is 3.85. The molecule has 17 heavy (non-hydrogen) atoms. The molecule has 0 radical (unpaired) electrons. The minimum absolute atomic E-state index is 0.599. The predicted molar refractivity (Wildman–Crippen MR) is 63.9 cm³/mol. The van der Waals surface area contributed by atoms with Crippen LogP contribution in [0.1, 0.15) is 18.7 Å². The fourth-order valence-electron chi connectivity index (χ4n) is 2.02. The molecule has 2 heterocycles. The smallest absolute Gasteiger partial charge is 0.317 e. The van der Waals surface area contributed by atoms with Crippen LogP contribution in [0.5, 0.6) is 0 Å². The molecule has 1 aliphatic rings. The summed E-state index contributed by atoms with van der Waals surface area (Å²) >= 11 is 0. The number of anilines is 1. The first-order chi connectivity index (χ1) is 8.29. The molecule has 1 N–H and O–H groups in total. The Kier molecular flexibility index (Phi) is 4.33. The third-order valence-corrected chi connectivity index (χ3v) is 2.98. The average Bonchev–Trinajstić information content (AvgIpc) is 2.79. The van der Waals surface area contributed by atoms with Crippen LogP contribution in [0.25, 0.3) is 0 Å². The Morgan fingerprint density at radius 2 is 2.12 bits per heavy atom. The Labute approximate surface area is 101 Å². The van der Waals surface area contributed by atoms with E-state index in [1.165, 1.54) is 0 Å². The van der Waals surface area contributed by atoms with Crippen molar-refractivity contribution in [3.05, 3.63) is 5.89 Å². The van der Waals surface area contributed by atoms with Gasteiger partial charge >= 0.3 is 6.01 Å². The van der Waals surface area contributed by atoms with Crippen molar-refractivity contribution >= 4 is 6.01 Å². The maximum Gasteiger partial charge on any atom is 0.317 e. The highest BCUT2D eigenvalue weighted by Crippen LogP contribution is 2.18. The Morgan fingerprint density at radius 1 is 1.35 bits per heavy atom. The zero-order valence-electron chi connectivity index (χ0n) is 10.5. The monoisotopic (exact) mass is 240 g/mol. The lowest BCUT2D eigenvalue weighted by Gasteiger charge is -2.25. The van der Waals surface area contributed by atoms with Crippen molar-refractivity contribution in [1.29, 1.82) is 0 Å². The summed E-state index contributed by atoms with van der Waals surface area (Å²) in [5.41, 5.74) is 0. The Hall–Kier alpha value is -1.14. The molecule has 96 valence electrons. The zero-order chi connectivity index (χ0) is 12.1. The van der Waals surface area contributed by atoms with Gasteiger partial charge in [0, 0.05) is 26.8 Å². The number of nitrogens with one attached hydrogen (secondary N) is 1. The summed E-state index contributed by atoms with van der Waals surface area (Å²) in [6.07, 6.45) is 2.23. The second-order valence-corrected chi connectivity index (χ2v) is 4.44. The summed E-state index contributed by atoms with van der Waals surface area (Å²) < 4.78 is 10.9. The van der Waals surface area contributed by atoms with Gasteiger partial charge < -0.3 is 19.4 Å². The van der Waals surface area contributed by atoms with Crippen LogP contribution >= 0.6 is 0 Å². The van der Waals surface area contributed by atoms with Gasteiger partial charge in [0.1, 0.15) is 0 Å². The van der Waals surface area contributed by atoms with Crippen LogP contribution < -0.4 is 10.2 Å². The fraction of sp³-hybridized carbons (Fsp3) is 0.818. The van der Waals surface area contributed by atoms with E-state index in [2.05, 4.69) is 15.5 Å². The van der Waals surface area contributed by atoms with Gasteiger partial charge in [0.05, 0.1) is 6.54 Å². The van der Waals surface area contributed by atoms with Gasteiger partial charge in [-0.3, -0.25) is 0 Å². The molecule has 0 aliphatic carbocycles. The standard InChI is InChI=1S/C11H20N4O2/c1-12-7-10-13-14-11(17-10)15(2)8-9-3-5-16-6-4-9/h9,12H,3-8H2,1-2H3. The van der Waals surface area contributed by atoms with Crippen molar-refractivity contribution in [2.24, 2.45) is 5.92 Å². The van der Waals surface area contributed by atoms with Crippen LogP contribution in [0.3, 0.4) is 0 Å². The highest BCUT2D eigenvalue weighted by atomic mass is 16.5. The second kappa shape index (κ2) is 5.97. The molecule has 0 amide bonds. The molecule has 2 rings (SSSR count). The van der Waals surface area contributed by atoms with Gasteiger partial charge in [-0.15, -0.1) is 5.10 Å². The van der Waals surface area contributed by atoms with E-state index in [1.807, 2.05) is 19.0 Å².